The Balaban J connectivity index is 1.73. The molecule has 0 saturated carbocycles. The van der Waals surface area contributed by atoms with Gasteiger partial charge in [-0.05, 0) is 43.5 Å². The molecule has 0 spiro atoms. The number of rotatable bonds is 6. The largest absolute Gasteiger partial charge is 0.455 e. The number of esters is 1. The molecule has 1 aliphatic carbocycles. The number of hydrogen-bond acceptors (Lipinski definition) is 4. The first-order chi connectivity index (χ1) is 12.0. The Bertz CT molecular complexity index is 658. The summed E-state index contributed by atoms with van der Waals surface area (Å²) in [6.07, 6.45) is 6.13. The first kappa shape index (κ1) is 18.6. The maximum Gasteiger partial charge on any atom is 0.309 e. The van der Waals surface area contributed by atoms with Gasteiger partial charge < -0.3 is 15.0 Å². The number of benzene rings is 1. The van der Waals surface area contributed by atoms with Gasteiger partial charge in [0.25, 0.3) is 5.91 Å². The number of allylic oxidation sites excluding steroid dienone is 2. The van der Waals surface area contributed by atoms with E-state index in [0.29, 0.717) is 12.1 Å². The number of anilines is 1. The van der Waals surface area contributed by atoms with Gasteiger partial charge >= 0.3 is 5.97 Å². The quantitative estimate of drug-likeness (QED) is 0.631. The number of ether oxygens (including phenoxy) is 1. The van der Waals surface area contributed by atoms with Crippen molar-refractivity contribution in [1.82, 2.24) is 4.90 Å². The number of hydrogen-bond donors (Lipinski definition) is 1. The topological polar surface area (TPSA) is 75.7 Å². The smallest absolute Gasteiger partial charge is 0.309 e. The normalized spacial score (nSPS) is 16.2. The summed E-state index contributed by atoms with van der Waals surface area (Å²) in [5.74, 6) is -1.88. The van der Waals surface area contributed by atoms with E-state index in [1.54, 1.807) is 0 Å². The zero-order chi connectivity index (χ0) is 18.2. The van der Waals surface area contributed by atoms with Crippen molar-refractivity contribution >= 4 is 23.5 Å². The molecule has 0 aliphatic heterocycles. The molecule has 0 aromatic heterocycles. The number of carbonyl (C=O) groups excluding carboxylic acids is 3. The predicted molar refractivity (Wildman–Crippen MR) is 90.1 cm³/mol. The Kier molecular flexibility index (Phi) is 6.68. The van der Waals surface area contributed by atoms with E-state index in [4.69, 9.17) is 4.74 Å². The second kappa shape index (κ2) is 8.96. The molecule has 1 aromatic carbocycles. The molecule has 7 heteroatoms. The highest BCUT2D eigenvalue weighted by atomic mass is 19.1. The van der Waals surface area contributed by atoms with Crippen LogP contribution in [0.4, 0.5) is 10.1 Å². The second-order valence-electron chi connectivity index (χ2n) is 5.89. The lowest BCUT2D eigenvalue weighted by Gasteiger charge is -2.19. The minimum atomic E-state index is -0.464. The standard InChI is InChI=1S/C18H21FN2O4/c1-21(11-16(22)20-15-9-7-14(19)8-10-15)17(23)12-25-18(24)13-5-3-2-4-6-13/h2-3,7-10,13H,4-6,11-12H2,1H3,(H,20,22)/t13-/m0/s1. The van der Waals surface area contributed by atoms with Crippen LogP contribution in [0.2, 0.25) is 0 Å². The average molecular weight is 348 g/mol. The Hall–Kier alpha value is -2.70. The van der Waals surface area contributed by atoms with E-state index in [0.717, 1.165) is 12.8 Å². The van der Waals surface area contributed by atoms with Crippen LogP contribution < -0.4 is 5.32 Å². The molecule has 0 saturated heterocycles. The Morgan fingerprint density at radius 2 is 1.96 bits per heavy atom. The van der Waals surface area contributed by atoms with Crippen LogP contribution in [0, 0.1) is 11.7 Å². The molecule has 0 fully saturated rings. The molecule has 0 heterocycles. The zero-order valence-corrected chi connectivity index (χ0v) is 14.0. The summed E-state index contributed by atoms with van der Waals surface area (Å²) in [5, 5.41) is 2.56. The minimum Gasteiger partial charge on any atom is -0.455 e. The molecule has 0 radical (unpaired) electrons. The van der Waals surface area contributed by atoms with Gasteiger partial charge in [-0.25, -0.2) is 4.39 Å². The molecule has 1 atom stereocenters. The Labute approximate surface area is 145 Å². The van der Waals surface area contributed by atoms with Crippen LogP contribution in [0.15, 0.2) is 36.4 Å². The van der Waals surface area contributed by atoms with E-state index in [-0.39, 0.29) is 25.0 Å². The Morgan fingerprint density at radius 3 is 2.60 bits per heavy atom. The summed E-state index contributed by atoms with van der Waals surface area (Å²) in [5.41, 5.74) is 0.434. The van der Waals surface area contributed by atoms with Gasteiger partial charge in [-0.3, -0.25) is 14.4 Å². The number of nitrogens with zero attached hydrogens (tertiary/aromatic N) is 1. The second-order valence-corrected chi connectivity index (χ2v) is 5.89. The van der Waals surface area contributed by atoms with E-state index >= 15 is 0 Å². The fourth-order valence-corrected chi connectivity index (χ4v) is 2.41. The van der Waals surface area contributed by atoms with Crippen LogP contribution in [0.1, 0.15) is 19.3 Å². The average Bonchev–Trinajstić information content (AvgIpc) is 2.62. The highest BCUT2D eigenvalue weighted by Gasteiger charge is 2.22. The van der Waals surface area contributed by atoms with Crippen LogP contribution >= 0.6 is 0 Å². The van der Waals surface area contributed by atoms with Crippen molar-refractivity contribution in [3.63, 3.8) is 0 Å². The van der Waals surface area contributed by atoms with Crippen LogP contribution in [0.5, 0.6) is 0 Å². The number of nitrogens with one attached hydrogen (secondary N) is 1. The first-order valence-electron chi connectivity index (χ1n) is 8.06. The molecule has 2 amide bonds. The molecular formula is C18H21FN2O4. The number of likely N-dealkylation sites (N-methyl/N-ethyl adjacent to an activating group) is 1. The van der Waals surface area contributed by atoms with Gasteiger partial charge in [0.2, 0.25) is 5.91 Å². The maximum absolute atomic E-state index is 12.8. The molecule has 1 aliphatic rings. The maximum atomic E-state index is 12.8. The molecule has 0 bridgehead atoms. The summed E-state index contributed by atoms with van der Waals surface area (Å²) in [7, 11) is 1.45. The van der Waals surface area contributed by atoms with E-state index in [1.165, 1.54) is 36.2 Å². The molecule has 1 N–H and O–H groups in total. The summed E-state index contributed by atoms with van der Waals surface area (Å²) < 4.78 is 17.9. The van der Waals surface area contributed by atoms with Gasteiger partial charge in [-0.15, -0.1) is 0 Å². The van der Waals surface area contributed by atoms with Crippen molar-refractivity contribution < 1.29 is 23.5 Å². The predicted octanol–water partition coefficient (Wildman–Crippen LogP) is 2.12. The molecule has 134 valence electrons. The van der Waals surface area contributed by atoms with Crippen molar-refractivity contribution in [2.24, 2.45) is 5.92 Å². The molecular weight excluding hydrogens is 327 g/mol. The van der Waals surface area contributed by atoms with Crippen molar-refractivity contribution in [1.29, 1.82) is 0 Å². The van der Waals surface area contributed by atoms with Gasteiger partial charge in [0.15, 0.2) is 6.61 Å². The summed E-state index contributed by atoms with van der Waals surface area (Å²) in [6.45, 7) is -0.584. The van der Waals surface area contributed by atoms with Crippen molar-refractivity contribution in [2.45, 2.75) is 19.3 Å². The molecule has 6 nitrogen and oxygen atoms in total. The van der Waals surface area contributed by atoms with Crippen molar-refractivity contribution in [3.05, 3.63) is 42.2 Å². The summed E-state index contributed by atoms with van der Waals surface area (Å²) in [4.78, 5) is 36.9. The lowest BCUT2D eigenvalue weighted by Crippen LogP contribution is -2.38. The number of carbonyl (C=O) groups is 3. The van der Waals surface area contributed by atoms with E-state index in [1.807, 2.05) is 12.2 Å². The van der Waals surface area contributed by atoms with E-state index in [9.17, 15) is 18.8 Å². The lowest BCUT2D eigenvalue weighted by molar-refractivity contribution is -0.155. The summed E-state index contributed by atoms with van der Waals surface area (Å²) in [6, 6.07) is 5.31. The highest BCUT2D eigenvalue weighted by Crippen LogP contribution is 2.19. The van der Waals surface area contributed by atoms with E-state index in [2.05, 4.69) is 5.32 Å². The first-order valence-corrected chi connectivity index (χ1v) is 8.06. The van der Waals surface area contributed by atoms with Crippen LogP contribution in [-0.4, -0.2) is 42.9 Å². The third-order valence-electron chi connectivity index (χ3n) is 3.87. The van der Waals surface area contributed by atoms with Gasteiger partial charge in [0.05, 0.1) is 12.5 Å². The molecule has 1 aromatic rings. The molecule has 2 rings (SSSR count). The molecule has 0 unspecified atom stereocenters. The van der Waals surface area contributed by atoms with E-state index < -0.39 is 17.6 Å². The minimum absolute atomic E-state index is 0.195. The van der Waals surface area contributed by atoms with Crippen LogP contribution in [-0.2, 0) is 19.1 Å². The van der Waals surface area contributed by atoms with Gasteiger partial charge in [0.1, 0.15) is 5.82 Å². The number of amides is 2. The Morgan fingerprint density at radius 1 is 1.24 bits per heavy atom. The van der Waals surface area contributed by atoms with Crippen molar-refractivity contribution in [2.75, 3.05) is 25.5 Å². The third kappa shape index (κ3) is 6.02. The molecule has 25 heavy (non-hydrogen) atoms. The van der Waals surface area contributed by atoms with Gasteiger partial charge in [-0.1, -0.05) is 12.2 Å². The van der Waals surface area contributed by atoms with Crippen molar-refractivity contribution in [3.8, 4) is 0 Å². The lowest BCUT2D eigenvalue weighted by atomic mass is 9.95. The van der Waals surface area contributed by atoms with Crippen LogP contribution in [0.25, 0.3) is 0 Å². The van der Waals surface area contributed by atoms with Gasteiger partial charge in [-0.2, -0.15) is 0 Å². The summed E-state index contributed by atoms with van der Waals surface area (Å²) >= 11 is 0. The fraction of sp³-hybridized carbons (Fsp3) is 0.389. The zero-order valence-electron chi connectivity index (χ0n) is 14.0. The van der Waals surface area contributed by atoms with Crippen LogP contribution in [0.3, 0.4) is 0 Å². The third-order valence-corrected chi connectivity index (χ3v) is 3.87. The number of halogens is 1. The SMILES string of the molecule is CN(CC(=O)Nc1ccc(F)cc1)C(=O)COC(=O)[C@H]1CC=CCC1. The van der Waals surface area contributed by atoms with Gasteiger partial charge in [0, 0.05) is 12.7 Å². The fourth-order valence-electron chi connectivity index (χ4n) is 2.41. The highest BCUT2D eigenvalue weighted by molar-refractivity contribution is 5.94. The monoisotopic (exact) mass is 348 g/mol.